The number of hydrogen-bond donors (Lipinski definition) is 0. The third-order valence-electron chi connectivity index (χ3n) is 10.6. The van der Waals surface area contributed by atoms with Crippen LogP contribution in [-0.4, -0.2) is 37.2 Å². The minimum Gasteiger partial charge on any atom is -0.462 e. The Labute approximate surface area is 329 Å². The van der Waals surface area contributed by atoms with Crippen LogP contribution in [0.1, 0.15) is 265 Å². The molecule has 314 valence electrons. The van der Waals surface area contributed by atoms with Crippen molar-refractivity contribution in [3.8, 4) is 0 Å². The van der Waals surface area contributed by atoms with Gasteiger partial charge in [0.15, 0.2) is 6.10 Å². The molecule has 0 bridgehead atoms. The predicted octanol–water partition coefficient (Wildman–Crippen LogP) is 14.9. The smallest absolute Gasteiger partial charge is 0.306 e. The molecule has 0 N–H and O–H groups in total. The highest BCUT2D eigenvalue weighted by molar-refractivity contribution is 5.71. The number of carbonyl (C=O) groups excluding carboxylic acids is 3. The van der Waals surface area contributed by atoms with Crippen molar-refractivity contribution >= 4 is 17.9 Å². The van der Waals surface area contributed by atoms with E-state index in [9.17, 15) is 14.4 Å². The Morgan fingerprint density at radius 3 is 0.755 bits per heavy atom. The van der Waals surface area contributed by atoms with Crippen LogP contribution < -0.4 is 0 Å². The Morgan fingerprint density at radius 1 is 0.302 bits per heavy atom. The van der Waals surface area contributed by atoms with E-state index in [-0.39, 0.29) is 31.1 Å². The van der Waals surface area contributed by atoms with E-state index >= 15 is 0 Å². The van der Waals surface area contributed by atoms with Gasteiger partial charge in [0.05, 0.1) is 0 Å². The van der Waals surface area contributed by atoms with Crippen LogP contribution in [0.25, 0.3) is 0 Å². The monoisotopic (exact) mass is 751 g/mol. The Kier molecular flexibility index (Phi) is 41.8. The average Bonchev–Trinajstić information content (AvgIpc) is 3.15. The van der Waals surface area contributed by atoms with E-state index in [0.717, 1.165) is 57.8 Å². The van der Waals surface area contributed by atoms with E-state index in [0.29, 0.717) is 19.3 Å². The van der Waals surface area contributed by atoms with Crippen molar-refractivity contribution in [3.05, 3.63) is 0 Å². The zero-order valence-corrected chi connectivity index (χ0v) is 35.8. The molecule has 0 fully saturated rings. The number of carbonyl (C=O) groups is 3. The molecule has 0 aromatic rings. The second-order valence-corrected chi connectivity index (χ2v) is 16.0. The van der Waals surface area contributed by atoms with E-state index in [2.05, 4.69) is 20.8 Å². The lowest BCUT2D eigenvalue weighted by molar-refractivity contribution is -0.167. The molecule has 6 nitrogen and oxygen atoms in total. The SMILES string of the molecule is CCCCCCCCCCCCCCCCCCCCC(=O)OCC(COC(=O)CCCCCCCCCC)OC(=O)CCCCCCCCCCC. The van der Waals surface area contributed by atoms with Crippen LogP contribution in [0.15, 0.2) is 0 Å². The van der Waals surface area contributed by atoms with Gasteiger partial charge in [-0.15, -0.1) is 0 Å². The first kappa shape index (κ1) is 51.4. The van der Waals surface area contributed by atoms with Crippen LogP contribution in [0.2, 0.25) is 0 Å². The zero-order valence-electron chi connectivity index (χ0n) is 35.8. The van der Waals surface area contributed by atoms with Crippen molar-refractivity contribution in [2.24, 2.45) is 0 Å². The van der Waals surface area contributed by atoms with Gasteiger partial charge in [0.25, 0.3) is 0 Å². The Bertz CT molecular complexity index is 783. The standard InChI is InChI=1S/C47H90O6/c1-4-7-10-13-16-19-20-21-22-23-24-25-26-27-29-31-34-37-40-46(49)52-43-44(42-51-45(48)39-36-33-30-18-15-12-9-6-3)53-47(50)41-38-35-32-28-17-14-11-8-5-2/h44H,4-43H2,1-3H3. The predicted molar refractivity (Wildman–Crippen MR) is 224 cm³/mol. The molecule has 0 aliphatic rings. The largest absolute Gasteiger partial charge is 0.462 e. The lowest BCUT2D eigenvalue weighted by Gasteiger charge is -2.18. The first-order chi connectivity index (χ1) is 26.0. The van der Waals surface area contributed by atoms with Crippen molar-refractivity contribution in [2.75, 3.05) is 13.2 Å². The fraction of sp³-hybridized carbons (Fsp3) is 0.936. The number of esters is 3. The first-order valence-electron chi connectivity index (χ1n) is 23.5. The third-order valence-corrected chi connectivity index (χ3v) is 10.6. The molecular weight excluding hydrogens is 661 g/mol. The molecule has 0 saturated carbocycles. The summed E-state index contributed by atoms with van der Waals surface area (Å²) in [6, 6.07) is 0. The summed E-state index contributed by atoms with van der Waals surface area (Å²) >= 11 is 0. The minimum atomic E-state index is -0.757. The first-order valence-corrected chi connectivity index (χ1v) is 23.5. The average molecular weight is 751 g/mol. The maximum absolute atomic E-state index is 12.6. The Morgan fingerprint density at radius 2 is 0.509 bits per heavy atom. The van der Waals surface area contributed by atoms with E-state index < -0.39 is 6.10 Å². The maximum Gasteiger partial charge on any atom is 0.306 e. The van der Waals surface area contributed by atoms with Gasteiger partial charge >= 0.3 is 17.9 Å². The van der Waals surface area contributed by atoms with Crippen molar-refractivity contribution < 1.29 is 28.6 Å². The quantitative estimate of drug-likeness (QED) is 0.0351. The molecule has 53 heavy (non-hydrogen) atoms. The zero-order chi connectivity index (χ0) is 38.7. The summed E-state index contributed by atoms with van der Waals surface area (Å²) in [6.45, 7) is 6.61. The Balaban J connectivity index is 4.17. The molecule has 6 heteroatoms. The molecule has 0 aliphatic carbocycles. The van der Waals surface area contributed by atoms with Crippen LogP contribution in [0, 0.1) is 0 Å². The summed E-state index contributed by atoms with van der Waals surface area (Å²) in [7, 11) is 0. The fourth-order valence-corrected chi connectivity index (χ4v) is 7.03. The second kappa shape index (κ2) is 43.1. The lowest BCUT2D eigenvalue weighted by atomic mass is 10.0. The maximum atomic E-state index is 12.6. The number of rotatable bonds is 43. The molecule has 1 unspecified atom stereocenters. The molecule has 0 spiro atoms. The van der Waals surface area contributed by atoms with E-state index in [1.807, 2.05) is 0 Å². The highest BCUT2D eigenvalue weighted by atomic mass is 16.6. The highest BCUT2D eigenvalue weighted by Crippen LogP contribution is 2.16. The summed E-state index contributed by atoms with van der Waals surface area (Å²) in [6.07, 6.45) is 43.8. The van der Waals surface area contributed by atoms with Crippen LogP contribution in [0.3, 0.4) is 0 Å². The lowest BCUT2D eigenvalue weighted by Crippen LogP contribution is -2.30. The third kappa shape index (κ3) is 41.4. The van der Waals surface area contributed by atoms with E-state index in [1.165, 1.54) is 167 Å². The molecule has 0 aromatic carbocycles. The molecule has 1 atom stereocenters. The van der Waals surface area contributed by atoms with Gasteiger partial charge in [-0.25, -0.2) is 0 Å². The highest BCUT2D eigenvalue weighted by Gasteiger charge is 2.19. The van der Waals surface area contributed by atoms with Gasteiger partial charge in [0, 0.05) is 19.3 Å². The number of ether oxygens (including phenoxy) is 3. The van der Waals surface area contributed by atoms with Crippen LogP contribution in [-0.2, 0) is 28.6 Å². The van der Waals surface area contributed by atoms with Gasteiger partial charge in [-0.05, 0) is 19.3 Å². The van der Waals surface area contributed by atoms with Gasteiger partial charge in [-0.2, -0.15) is 0 Å². The molecule has 0 radical (unpaired) electrons. The normalized spacial score (nSPS) is 11.8. The van der Waals surface area contributed by atoms with Crippen molar-refractivity contribution in [2.45, 2.75) is 271 Å². The molecule has 0 aromatic heterocycles. The molecule has 0 rings (SSSR count). The van der Waals surface area contributed by atoms with Crippen LogP contribution >= 0.6 is 0 Å². The van der Waals surface area contributed by atoms with E-state index in [1.54, 1.807) is 0 Å². The van der Waals surface area contributed by atoms with Crippen molar-refractivity contribution in [1.29, 1.82) is 0 Å². The molecule has 0 amide bonds. The Hall–Kier alpha value is -1.59. The summed E-state index contributed by atoms with van der Waals surface area (Å²) in [4.78, 5) is 37.6. The summed E-state index contributed by atoms with van der Waals surface area (Å²) in [5.74, 6) is -0.857. The van der Waals surface area contributed by atoms with Gasteiger partial charge in [0.1, 0.15) is 13.2 Å². The summed E-state index contributed by atoms with van der Waals surface area (Å²) in [5.41, 5.74) is 0. The van der Waals surface area contributed by atoms with E-state index in [4.69, 9.17) is 14.2 Å². The number of unbranched alkanes of at least 4 members (excludes halogenated alkanes) is 32. The fourth-order valence-electron chi connectivity index (χ4n) is 7.03. The number of hydrogen-bond acceptors (Lipinski definition) is 6. The van der Waals surface area contributed by atoms with Crippen LogP contribution in [0.4, 0.5) is 0 Å². The molecule has 0 saturated heterocycles. The van der Waals surface area contributed by atoms with Gasteiger partial charge in [-0.3, -0.25) is 14.4 Å². The second-order valence-electron chi connectivity index (χ2n) is 16.0. The topological polar surface area (TPSA) is 78.9 Å². The summed E-state index contributed by atoms with van der Waals surface area (Å²) < 4.78 is 16.7. The van der Waals surface area contributed by atoms with Crippen LogP contribution in [0.5, 0.6) is 0 Å². The molecule has 0 aliphatic heterocycles. The van der Waals surface area contributed by atoms with Gasteiger partial charge < -0.3 is 14.2 Å². The molecule has 0 heterocycles. The van der Waals surface area contributed by atoms with Crippen molar-refractivity contribution in [3.63, 3.8) is 0 Å². The van der Waals surface area contributed by atoms with Crippen molar-refractivity contribution in [1.82, 2.24) is 0 Å². The molecular formula is C47H90O6. The minimum absolute atomic E-state index is 0.0631. The van der Waals surface area contributed by atoms with Gasteiger partial charge in [0.2, 0.25) is 0 Å². The van der Waals surface area contributed by atoms with Gasteiger partial charge in [-0.1, -0.05) is 226 Å². The summed E-state index contributed by atoms with van der Waals surface area (Å²) in [5, 5.41) is 0.